The second kappa shape index (κ2) is 10.2. The van der Waals surface area contributed by atoms with Crippen molar-refractivity contribution in [3.8, 4) is 5.75 Å². The van der Waals surface area contributed by atoms with Gasteiger partial charge in [0.15, 0.2) is 5.60 Å². The van der Waals surface area contributed by atoms with Crippen LogP contribution >= 0.6 is 15.9 Å². The lowest BCUT2D eigenvalue weighted by Crippen LogP contribution is -2.48. The predicted molar refractivity (Wildman–Crippen MR) is 130 cm³/mol. The first kappa shape index (κ1) is 24.6. The monoisotopic (exact) mass is 517 g/mol. The average molecular weight is 518 g/mol. The van der Waals surface area contributed by atoms with Crippen molar-refractivity contribution in [1.29, 1.82) is 0 Å². The molecule has 1 aliphatic heterocycles. The van der Waals surface area contributed by atoms with Crippen molar-refractivity contribution in [2.75, 3.05) is 43.5 Å². The summed E-state index contributed by atoms with van der Waals surface area (Å²) in [5.41, 5.74) is 0.385. The van der Waals surface area contributed by atoms with Crippen molar-refractivity contribution >= 4 is 45.1 Å². The van der Waals surface area contributed by atoms with Crippen LogP contribution in [-0.4, -0.2) is 61.6 Å². The van der Waals surface area contributed by atoms with Gasteiger partial charge in [-0.1, -0.05) is 15.9 Å². The summed E-state index contributed by atoms with van der Waals surface area (Å²) >= 11 is 3.38. The van der Waals surface area contributed by atoms with Crippen LogP contribution in [0.5, 0.6) is 5.75 Å². The van der Waals surface area contributed by atoms with Gasteiger partial charge < -0.3 is 24.6 Å². The Morgan fingerprint density at radius 2 is 1.64 bits per heavy atom. The number of amides is 2. The zero-order chi connectivity index (χ0) is 24.2. The van der Waals surface area contributed by atoms with E-state index in [2.05, 4.69) is 26.1 Å². The maximum atomic E-state index is 13.2. The zero-order valence-electron chi connectivity index (χ0n) is 19.2. The molecule has 2 aromatic carbocycles. The Morgan fingerprint density at radius 1 is 1.00 bits per heavy atom. The molecule has 1 fully saturated rings. The summed E-state index contributed by atoms with van der Waals surface area (Å²) < 4.78 is 11.7. The third kappa shape index (κ3) is 6.04. The van der Waals surface area contributed by atoms with Crippen LogP contribution in [0.4, 0.5) is 11.4 Å². The number of rotatable bonds is 6. The van der Waals surface area contributed by atoms with Crippen molar-refractivity contribution in [2.45, 2.75) is 26.4 Å². The number of methoxy groups -OCH3 is 1. The minimum Gasteiger partial charge on any atom is -0.478 e. The predicted octanol–water partition coefficient (Wildman–Crippen LogP) is 3.70. The van der Waals surface area contributed by atoms with E-state index in [1.807, 2.05) is 12.1 Å². The van der Waals surface area contributed by atoms with Crippen LogP contribution in [-0.2, 0) is 14.3 Å². The SMILES string of the molecule is COC(=O)c1ccc(N2CCN(C(C)=O)CC2)c(NC(=O)C(C)(C)Oc2ccc(Br)cc2)c1. The van der Waals surface area contributed by atoms with Crippen LogP contribution in [0.25, 0.3) is 0 Å². The number of halogens is 1. The van der Waals surface area contributed by atoms with Crippen molar-refractivity contribution in [2.24, 2.45) is 0 Å². The Balaban J connectivity index is 1.84. The average Bonchev–Trinajstić information content (AvgIpc) is 2.80. The molecule has 1 N–H and O–H groups in total. The van der Waals surface area contributed by atoms with Gasteiger partial charge in [-0.3, -0.25) is 9.59 Å². The van der Waals surface area contributed by atoms with Gasteiger partial charge in [-0.25, -0.2) is 4.79 Å². The number of hydrogen-bond acceptors (Lipinski definition) is 6. The first-order valence-electron chi connectivity index (χ1n) is 10.6. The number of carbonyl (C=O) groups excluding carboxylic acids is 3. The van der Waals surface area contributed by atoms with Crippen molar-refractivity contribution < 1.29 is 23.9 Å². The molecule has 0 bridgehead atoms. The molecule has 0 aliphatic carbocycles. The number of carbonyl (C=O) groups is 3. The fraction of sp³-hybridized carbons (Fsp3) is 0.375. The lowest BCUT2D eigenvalue weighted by Gasteiger charge is -2.37. The Morgan fingerprint density at radius 3 is 2.21 bits per heavy atom. The standard InChI is InChI=1S/C24H28BrN3O5/c1-16(29)27-11-13-28(14-12-27)21-10-5-17(22(30)32-4)15-20(21)26-23(31)24(2,3)33-19-8-6-18(25)7-9-19/h5-10,15H,11-14H2,1-4H3,(H,26,31). The molecular weight excluding hydrogens is 490 g/mol. The Labute approximate surface area is 202 Å². The maximum Gasteiger partial charge on any atom is 0.337 e. The van der Waals surface area contributed by atoms with Gasteiger partial charge in [0.25, 0.3) is 5.91 Å². The van der Waals surface area contributed by atoms with Gasteiger partial charge in [-0.05, 0) is 56.3 Å². The topological polar surface area (TPSA) is 88.2 Å². The molecule has 0 spiro atoms. The summed E-state index contributed by atoms with van der Waals surface area (Å²) in [4.78, 5) is 40.8. The first-order chi connectivity index (χ1) is 15.6. The lowest BCUT2D eigenvalue weighted by atomic mass is 10.1. The van der Waals surface area contributed by atoms with E-state index in [1.54, 1.807) is 56.0 Å². The van der Waals surface area contributed by atoms with Crippen LogP contribution in [0.2, 0.25) is 0 Å². The molecule has 2 amide bonds. The maximum absolute atomic E-state index is 13.2. The third-order valence-corrected chi connectivity index (χ3v) is 5.99. The number of nitrogens with one attached hydrogen (secondary N) is 1. The number of benzene rings is 2. The summed E-state index contributed by atoms with van der Waals surface area (Å²) in [5, 5.41) is 2.93. The van der Waals surface area contributed by atoms with Gasteiger partial charge in [-0.15, -0.1) is 0 Å². The molecule has 0 radical (unpaired) electrons. The molecule has 9 heteroatoms. The number of nitrogens with zero attached hydrogens (tertiary/aromatic N) is 2. The van der Waals surface area contributed by atoms with Gasteiger partial charge in [0, 0.05) is 37.6 Å². The fourth-order valence-electron chi connectivity index (χ4n) is 3.54. The third-order valence-electron chi connectivity index (χ3n) is 5.47. The number of piperazine rings is 1. The minimum absolute atomic E-state index is 0.0380. The molecule has 0 atom stereocenters. The zero-order valence-corrected chi connectivity index (χ0v) is 20.8. The molecule has 1 aliphatic rings. The largest absolute Gasteiger partial charge is 0.478 e. The molecule has 1 saturated heterocycles. The number of anilines is 2. The molecule has 3 rings (SSSR count). The van der Waals surface area contributed by atoms with Crippen molar-refractivity contribution in [3.05, 3.63) is 52.5 Å². The molecule has 176 valence electrons. The van der Waals surface area contributed by atoms with Gasteiger partial charge in [0.2, 0.25) is 5.91 Å². The highest BCUT2D eigenvalue weighted by Crippen LogP contribution is 2.30. The van der Waals surface area contributed by atoms with E-state index in [1.165, 1.54) is 7.11 Å². The normalized spacial score (nSPS) is 14.0. The lowest BCUT2D eigenvalue weighted by molar-refractivity contribution is -0.129. The number of hydrogen-bond donors (Lipinski definition) is 1. The Bertz CT molecular complexity index is 1030. The van der Waals surface area contributed by atoms with Gasteiger partial charge in [0.05, 0.1) is 24.0 Å². The van der Waals surface area contributed by atoms with Crippen LogP contribution in [0.15, 0.2) is 46.9 Å². The molecule has 2 aromatic rings. The van der Waals surface area contributed by atoms with Gasteiger partial charge >= 0.3 is 5.97 Å². The van der Waals surface area contributed by atoms with E-state index in [9.17, 15) is 14.4 Å². The van der Waals surface area contributed by atoms with Crippen LogP contribution in [0, 0.1) is 0 Å². The molecule has 0 saturated carbocycles. The summed E-state index contributed by atoms with van der Waals surface area (Å²) in [6.45, 7) is 7.30. The van der Waals surface area contributed by atoms with Crippen LogP contribution in [0.3, 0.4) is 0 Å². The molecule has 0 aromatic heterocycles. The van der Waals surface area contributed by atoms with Gasteiger partial charge in [-0.2, -0.15) is 0 Å². The van der Waals surface area contributed by atoms with E-state index in [0.29, 0.717) is 43.2 Å². The number of esters is 1. The molecule has 33 heavy (non-hydrogen) atoms. The highest BCUT2D eigenvalue weighted by Gasteiger charge is 2.31. The Hall–Kier alpha value is -3.07. The Kier molecular flexibility index (Phi) is 7.63. The van der Waals surface area contributed by atoms with E-state index >= 15 is 0 Å². The molecule has 0 unspecified atom stereocenters. The second-order valence-electron chi connectivity index (χ2n) is 8.24. The van der Waals surface area contributed by atoms with Crippen LogP contribution < -0.4 is 15.0 Å². The molecule has 8 nitrogen and oxygen atoms in total. The van der Waals surface area contributed by atoms with Crippen molar-refractivity contribution in [3.63, 3.8) is 0 Å². The summed E-state index contributed by atoms with van der Waals surface area (Å²) in [6, 6.07) is 12.3. The molecule has 1 heterocycles. The summed E-state index contributed by atoms with van der Waals surface area (Å²) in [6.07, 6.45) is 0. The van der Waals surface area contributed by atoms with Gasteiger partial charge in [0.1, 0.15) is 5.75 Å². The molecular formula is C24H28BrN3O5. The highest BCUT2D eigenvalue weighted by atomic mass is 79.9. The quantitative estimate of drug-likeness (QED) is 0.587. The summed E-state index contributed by atoms with van der Waals surface area (Å²) in [5.74, 6) is -0.266. The van der Waals surface area contributed by atoms with E-state index in [0.717, 1.165) is 10.2 Å². The fourth-order valence-corrected chi connectivity index (χ4v) is 3.80. The number of ether oxygens (including phenoxy) is 2. The highest BCUT2D eigenvalue weighted by molar-refractivity contribution is 9.10. The van der Waals surface area contributed by atoms with E-state index < -0.39 is 11.6 Å². The summed E-state index contributed by atoms with van der Waals surface area (Å²) in [7, 11) is 1.31. The first-order valence-corrected chi connectivity index (χ1v) is 11.4. The van der Waals surface area contributed by atoms with E-state index in [4.69, 9.17) is 9.47 Å². The van der Waals surface area contributed by atoms with Crippen LogP contribution in [0.1, 0.15) is 31.1 Å². The second-order valence-corrected chi connectivity index (χ2v) is 9.15. The minimum atomic E-state index is -1.18. The van der Waals surface area contributed by atoms with E-state index in [-0.39, 0.29) is 11.8 Å². The van der Waals surface area contributed by atoms with Crippen molar-refractivity contribution in [1.82, 2.24) is 4.90 Å². The smallest absolute Gasteiger partial charge is 0.337 e.